The van der Waals surface area contributed by atoms with Crippen LogP contribution in [0.2, 0.25) is 0 Å². The Hall–Kier alpha value is -1.02. The molecule has 2 nitrogen and oxygen atoms in total. The lowest BCUT2D eigenvalue weighted by Crippen LogP contribution is -2.05. The van der Waals surface area contributed by atoms with Gasteiger partial charge in [0.1, 0.15) is 11.9 Å². The van der Waals surface area contributed by atoms with E-state index in [0.29, 0.717) is 6.10 Å². The van der Waals surface area contributed by atoms with Crippen molar-refractivity contribution in [3.63, 3.8) is 0 Å². The van der Waals surface area contributed by atoms with Crippen LogP contribution in [0.15, 0.2) is 18.2 Å². The molecule has 82 valence electrons. The summed E-state index contributed by atoms with van der Waals surface area (Å²) >= 11 is 0. The minimum Gasteiger partial charge on any atom is -0.490 e. The Bertz CT molecular complexity index is 344. The normalized spacial score (nSPS) is 20.9. The van der Waals surface area contributed by atoms with Gasteiger partial charge in [-0.15, -0.1) is 0 Å². The highest BCUT2D eigenvalue weighted by molar-refractivity contribution is 5.40. The average molecular weight is 206 g/mol. The van der Waals surface area contributed by atoms with Gasteiger partial charge in [0.25, 0.3) is 0 Å². The van der Waals surface area contributed by atoms with Crippen LogP contribution in [0.4, 0.5) is 0 Å². The van der Waals surface area contributed by atoms with Crippen molar-refractivity contribution in [1.82, 2.24) is 0 Å². The second kappa shape index (κ2) is 4.23. The lowest BCUT2D eigenvalue weighted by Gasteiger charge is -2.06. The highest BCUT2D eigenvalue weighted by atomic mass is 16.5. The largest absolute Gasteiger partial charge is 0.490 e. The molecule has 15 heavy (non-hydrogen) atoms. The van der Waals surface area contributed by atoms with Gasteiger partial charge >= 0.3 is 0 Å². The van der Waals surface area contributed by atoms with E-state index in [1.807, 2.05) is 6.92 Å². The first-order chi connectivity index (χ1) is 7.15. The van der Waals surface area contributed by atoms with Crippen LogP contribution < -0.4 is 4.74 Å². The average Bonchev–Trinajstić information content (AvgIpc) is 2.53. The van der Waals surface area contributed by atoms with Crippen LogP contribution in [0.5, 0.6) is 5.75 Å². The Morgan fingerprint density at radius 2 is 2.33 bits per heavy atom. The number of benzene rings is 1. The molecule has 1 aromatic carbocycles. The Morgan fingerprint density at radius 3 is 3.07 bits per heavy atom. The maximum Gasteiger partial charge on any atom is 0.123 e. The second-order valence-electron chi connectivity index (χ2n) is 4.46. The fourth-order valence-corrected chi connectivity index (χ4v) is 2.01. The first kappa shape index (κ1) is 10.5. The topological polar surface area (TPSA) is 29.5 Å². The van der Waals surface area contributed by atoms with Crippen LogP contribution in [-0.2, 0) is 12.8 Å². The lowest BCUT2D eigenvalue weighted by molar-refractivity contribution is 0.185. The van der Waals surface area contributed by atoms with E-state index in [1.54, 1.807) is 0 Å². The van der Waals surface area contributed by atoms with E-state index in [1.165, 1.54) is 11.1 Å². The van der Waals surface area contributed by atoms with Gasteiger partial charge in [-0.1, -0.05) is 12.1 Å². The maximum absolute atomic E-state index is 9.22. The fourth-order valence-electron chi connectivity index (χ4n) is 2.01. The zero-order chi connectivity index (χ0) is 10.8. The summed E-state index contributed by atoms with van der Waals surface area (Å²) in [5.41, 5.74) is 2.61. The first-order valence-corrected chi connectivity index (χ1v) is 5.61. The van der Waals surface area contributed by atoms with Crippen molar-refractivity contribution in [2.45, 2.75) is 45.3 Å². The zero-order valence-corrected chi connectivity index (χ0v) is 9.36. The van der Waals surface area contributed by atoms with Crippen molar-refractivity contribution in [1.29, 1.82) is 0 Å². The van der Waals surface area contributed by atoms with Crippen LogP contribution in [0.1, 0.15) is 31.4 Å². The summed E-state index contributed by atoms with van der Waals surface area (Å²) in [6, 6.07) is 6.36. The van der Waals surface area contributed by atoms with Gasteiger partial charge in [-0.2, -0.15) is 0 Å². The first-order valence-electron chi connectivity index (χ1n) is 5.61. The molecule has 2 rings (SSSR count). The van der Waals surface area contributed by atoms with Crippen LogP contribution in [0, 0.1) is 0 Å². The summed E-state index contributed by atoms with van der Waals surface area (Å²) < 4.78 is 5.64. The SMILES string of the molecule is CC(O)CCc1ccc2c(c1)CC(C)O2. The molecule has 1 aliphatic heterocycles. The van der Waals surface area contributed by atoms with Crippen LogP contribution >= 0.6 is 0 Å². The fraction of sp³-hybridized carbons (Fsp3) is 0.538. The number of aryl methyl sites for hydroxylation is 1. The third-order valence-electron chi connectivity index (χ3n) is 2.81. The molecule has 0 spiro atoms. The molecule has 0 aromatic heterocycles. The predicted molar refractivity (Wildman–Crippen MR) is 60.2 cm³/mol. The molecule has 2 heteroatoms. The number of ether oxygens (including phenoxy) is 1. The molecular weight excluding hydrogens is 188 g/mol. The molecule has 0 aliphatic carbocycles. The highest BCUT2D eigenvalue weighted by Crippen LogP contribution is 2.29. The Kier molecular flexibility index (Phi) is 2.96. The Balaban J connectivity index is 2.06. The third kappa shape index (κ3) is 2.51. The highest BCUT2D eigenvalue weighted by Gasteiger charge is 2.18. The second-order valence-corrected chi connectivity index (χ2v) is 4.46. The van der Waals surface area contributed by atoms with E-state index < -0.39 is 0 Å². The van der Waals surface area contributed by atoms with E-state index in [-0.39, 0.29) is 6.10 Å². The monoisotopic (exact) mass is 206 g/mol. The minimum absolute atomic E-state index is 0.214. The number of hydrogen-bond acceptors (Lipinski definition) is 2. The van der Waals surface area contributed by atoms with Gasteiger partial charge in [0.2, 0.25) is 0 Å². The molecule has 0 bridgehead atoms. The van der Waals surface area contributed by atoms with Crippen molar-refractivity contribution in [3.05, 3.63) is 29.3 Å². The third-order valence-corrected chi connectivity index (χ3v) is 2.81. The summed E-state index contributed by atoms with van der Waals surface area (Å²) in [5.74, 6) is 1.03. The smallest absolute Gasteiger partial charge is 0.123 e. The maximum atomic E-state index is 9.22. The molecule has 2 unspecified atom stereocenters. The Labute approximate surface area is 90.9 Å². The van der Waals surface area contributed by atoms with Gasteiger partial charge in [0, 0.05) is 6.42 Å². The summed E-state index contributed by atoms with van der Waals surface area (Å²) in [4.78, 5) is 0. The van der Waals surface area contributed by atoms with Crippen molar-refractivity contribution in [2.75, 3.05) is 0 Å². The van der Waals surface area contributed by atoms with Gasteiger partial charge in [0.05, 0.1) is 6.10 Å². The summed E-state index contributed by atoms with van der Waals surface area (Å²) in [5, 5.41) is 9.22. The molecule has 0 amide bonds. The molecule has 0 saturated heterocycles. The van der Waals surface area contributed by atoms with Gasteiger partial charge < -0.3 is 9.84 Å². The van der Waals surface area contributed by atoms with E-state index >= 15 is 0 Å². The van der Waals surface area contributed by atoms with Crippen molar-refractivity contribution in [3.8, 4) is 5.75 Å². The number of aliphatic hydroxyl groups excluding tert-OH is 1. The standard InChI is InChI=1S/C13H18O2/c1-9(14)3-4-11-5-6-13-12(8-11)7-10(2)15-13/h5-6,8-10,14H,3-4,7H2,1-2H3. The molecule has 1 aliphatic rings. The number of aliphatic hydroxyl groups is 1. The van der Waals surface area contributed by atoms with Crippen molar-refractivity contribution >= 4 is 0 Å². The van der Waals surface area contributed by atoms with E-state index in [9.17, 15) is 5.11 Å². The summed E-state index contributed by atoms with van der Waals surface area (Å²) in [7, 11) is 0. The minimum atomic E-state index is -0.214. The molecule has 0 saturated carbocycles. The number of fused-ring (bicyclic) bond motifs is 1. The molecule has 1 N–H and O–H groups in total. The summed E-state index contributed by atoms with van der Waals surface area (Å²) in [6.45, 7) is 3.92. The van der Waals surface area contributed by atoms with Crippen LogP contribution in [0.3, 0.4) is 0 Å². The molecule has 1 heterocycles. The van der Waals surface area contributed by atoms with Gasteiger partial charge in [-0.3, -0.25) is 0 Å². The summed E-state index contributed by atoms with van der Waals surface area (Å²) in [6.07, 6.45) is 2.88. The van der Waals surface area contributed by atoms with E-state index in [0.717, 1.165) is 25.0 Å². The number of hydrogen-bond donors (Lipinski definition) is 1. The molecular formula is C13H18O2. The lowest BCUT2D eigenvalue weighted by atomic mass is 10.0. The molecule has 0 fully saturated rings. The van der Waals surface area contributed by atoms with Crippen LogP contribution in [-0.4, -0.2) is 17.3 Å². The van der Waals surface area contributed by atoms with Crippen molar-refractivity contribution < 1.29 is 9.84 Å². The molecule has 1 aromatic rings. The van der Waals surface area contributed by atoms with Gasteiger partial charge in [-0.05, 0) is 43.9 Å². The van der Waals surface area contributed by atoms with E-state index in [2.05, 4.69) is 25.1 Å². The zero-order valence-electron chi connectivity index (χ0n) is 9.36. The van der Waals surface area contributed by atoms with Gasteiger partial charge in [0.15, 0.2) is 0 Å². The van der Waals surface area contributed by atoms with Crippen molar-refractivity contribution in [2.24, 2.45) is 0 Å². The molecule has 2 atom stereocenters. The number of rotatable bonds is 3. The quantitative estimate of drug-likeness (QED) is 0.822. The molecule has 0 radical (unpaired) electrons. The van der Waals surface area contributed by atoms with Crippen LogP contribution in [0.25, 0.3) is 0 Å². The Morgan fingerprint density at radius 1 is 1.53 bits per heavy atom. The predicted octanol–water partition coefficient (Wildman–Crippen LogP) is 2.32. The van der Waals surface area contributed by atoms with E-state index in [4.69, 9.17) is 4.74 Å². The van der Waals surface area contributed by atoms with Gasteiger partial charge in [-0.25, -0.2) is 0 Å².